The Morgan fingerprint density at radius 1 is 1.52 bits per heavy atom. The predicted molar refractivity (Wildman–Crippen MR) is 79.0 cm³/mol. The van der Waals surface area contributed by atoms with Gasteiger partial charge in [0, 0.05) is 12.1 Å². The summed E-state index contributed by atoms with van der Waals surface area (Å²) in [5.41, 5.74) is 3.44. The molecule has 21 heavy (non-hydrogen) atoms. The van der Waals surface area contributed by atoms with Crippen LogP contribution in [0, 0.1) is 5.92 Å². The van der Waals surface area contributed by atoms with Crippen molar-refractivity contribution >= 4 is 5.97 Å². The number of hydrogen-bond acceptors (Lipinski definition) is 4. The number of hydrogen-bond donors (Lipinski definition) is 2. The van der Waals surface area contributed by atoms with Crippen molar-refractivity contribution in [3.8, 4) is 5.75 Å². The summed E-state index contributed by atoms with van der Waals surface area (Å²) in [6.07, 6.45) is 2.17. The Kier molecular flexibility index (Phi) is 3.87. The number of carboxylic acid groups (broad SMARTS) is 1. The number of carbonyl (C=O) groups is 1. The molecule has 114 valence electrons. The highest BCUT2D eigenvalue weighted by molar-refractivity contribution is 5.70. The van der Waals surface area contributed by atoms with E-state index in [0.29, 0.717) is 0 Å². The van der Waals surface area contributed by atoms with Crippen LogP contribution < -0.4 is 10.3 Å². The average molecular weight is 290 g/mol. The van der Waals surface area contributed by atoms with Gasteiger partial charge in [-0.05, 0) is 37.9 Å². The highest BCUT2D eigenvalue weighted by Gasteiger charge is 2.49. The summed E-state index contributed by atoms with van der Waals surface area (Å²) in [5, 5.41) is 9.41. The molecule has 0 aliphatic carbocycles. The maximum Gasteiger partial charge on any atom is 0.305 e. The number of nitrogens with zero attached hydrogens (tertiary/aromatic N) is 1. The van der Waals surface area contributed by atoms with Crippen molar-refractivity contribution in [2.45, 2.75) is 31.7 Å². The van der Waals surface area contributed by atoms with Gasteiger partial charge in [0.15, 0.2) is 5.75 Å². The summed E-state index contributed by atoms with van der Waals surface area (Å²) in [6.45, 7) is 5.16. The van der Waals surface area contributed by atoms with Gasteiger partial charge in [0.25, 0.3) is 0 Å². The van der Waals surface area contributed by atoms with Crippen molar-refractivity contribution < 1.29 is 14.7 Å². The van der Waals surface area contributed by atoms with Crippen LogP contribution in [-0.4, -0.2) is 35.6 Å². The largest absolute Gasteiger partial charge is 0.481 e. The molecule has 2 N–H and O–H groups in total. The van der Waals surface area contributed by atoms with Crippen molar-refractivity contribution in [1.82, 2.24) is 10.4 Å². The molecule has 0 aromatic heterocycles. The van der Waals surface area contributed by atoms with Crippen molar-refractivity contribution in [1.29, 1.82) is 0 Å². The van der Waals surface area contributed by atoms with E-state index >= 15 is 0 Å². The van der Waals surface area contributed by atoms with Crippen molar-refractivity contribution in [3.05, 3.63) is 29.8 Å². The van der Waals surface area contributed by atoms with Gasteiger partial charge in [-0.25, -0.2) is 0 Å². The number of carboxylic acids is 1. The van der Waals surface area contributed by atoms with E-state index in [-0.39, 0.29) is 12.3 Å². The maximum atomic E-state index is 11.5. The van der Waals surface area contributed by atoms with E-state index in [0.717, 1.165) is 43.8 Å². The van der Waals surface area contributed by atoms with Gasteiger partial charge in [-0.2, -0.15) is 0 Å². The van der Waals surface area contributed by atoms with E-state index < -0.39 is 11.5 Å². The Bertz CT molecular complexity index is 534. The fraction of sp³-hybridized carbons (Fsp3) is 0.562. The summed E-state index contributed by atoms with van der Waals surface area (Å²) in [5.74, 6) is 0.203. The minimum absolute atomic E-state index is 0.0479. The number of aliphatic carboxylic acids is 1. The molecule has 0 bridgehead atoms. The molecule has 2 unspecified atom stereocenters. The van der Waals surface area contributed by atoms with Gasteiger partial charge in [-0.1, -0.05) is 25.1 Å². The molecule has 0 spiro atoms. The molecule has 1 aromatic carbocycles. The van der Waals surface area contributed by atoms with Crippen LogP contribution in [-0.2, 0) is 10.3 Å². The molecule has 2 aliphatic heterocycles. The molecule has 2 atom stereocenters. The highest BCUT2D eigenvalue weighted by Crippen LogP contribution is 2.45. The second-order valence-electron chi connectivity index (χ2n) is 5.97. The van der Waals surface area contributed by atoms with Gasteiger partial charge in [0.2, 0.25) is 0 Å². The van der Waals surface area contributed by atoms with Crippen LogP contribution >= 0.6 is 0 Å². The second kappa shape index (κ2) is 5.66. The van der Waals surface area contributed by atoms with Crippen LogP contribution in [0.3, 0.4) is 0 Å². The Balaban J connectivity index is 1.97. The van der Waals surface area contributed by atoms with E-state index in [4.69, 9.17) is 4.84 Å². The molecular formula is C16H22N2O3. The third-order valence-corrected chi connectivity index (χ3v) is 4.79. The van der Waals surface area contributed by atoms with Crippen molar-refractivity contribution in [3.63, 3.8) is 0 Å². The molecule has 2 heterocycles. The molecule has 5 heteroatoms. The zero-order chi connectivity index (χ0) is 14.9. The van der Waals surface area contributed by atoms with E-state index in [1.54, 1.807) is 0 Å². The van der Waals surface area contributed by atoms with Gasteiger partial charge in [-0.3, -0.25) is 4.79 Å². The van der Waals surface area contributed by atoms with E-state index in [1.165, 1.54) is 0 Å². The average Bonchev–Trinajstić information content (AvgIpc) is 2.87. The lowest BCUT2D eigenvalue weighted by Gasteiger charge is -2.41. The first-order chi connectivity index (χ1) is 10.2. The van der Waals surface area contributed by atoms with Gasteiger partial charge >= 0.3 is 5.97 Å². The fourth-order valence-electron chi connectivity index (χ4n) is 3.69. The SMILES string of the molecule is CCN1CCCC(C2(CC(=O)O)NOc3ccccc32)C1. The van der Waals surface area contributed by atoms with Gasteiger partial charge < -0.3 is 14.8 Å². The number of benzene rings is 1. The third kappa shape index (κ3) is 2.51. The van der Waals surface area contributed by atoms with Crippen LogP contribution in [0.4, 0.5) is 0 Å². The smallest absolute Gasteiger partial charge is 0.305 e. The van der Waals surface area contributed by atoms with Crippen molar-refractivity contribution in [2.24, 2.45) is 5.92 Å². The van der Waals surface area contributed by atoms with Crippen LogP contribution in [0.5, 0.6) is 5.75 Å². The van der Waals surface area contributed by atoms with Gasteiger partial charge in [0.1, 0.15) is 0 Å². The molecule has 3 rings (SSSR count). The maximum absolute atomic E-state index is 11.5. The number of nitrogens with one attached hydrogen (secondary N) is 1. The molecule has 0 radical (unpaired) electrons. The first-order valence-corrected chi connectivity index (χ1v) is 7.63. The lowest BCUT2D eigenvalue weighted by molar-refractivity contribution is -0.141. The Morgan fingerprint density at radius 3 is 3.10 bits per heavy atom. The molecule has 0 amide bonds. The minimum atomic E-state index is -0.795. The zero-order valence-corrected chi connectivity index (χ0v) is 12.3. The molecular weight excluding hydrogens is 268 g/mol. The summed E-state index contributed by atoms with van der Waals surface area (Å²) >= 11 is 0. The van der Waals surface area contributed by atoms with E-state index in [2.05, 4.69) is 17.3 Å². The fourth-order valence-corrected chi connectivity index (χ4v) is 3.69. The van der Waals surface area contributed by atoms with E-state index in [1.807, 2.05) is 24.3 Å². The van der Waals surface area contributed by atoms with Crippen LogP contribution in [0.25, 0.3) is 0 Å². The van der Waals surface area contributed by atoms with Crippen molar-refractivity contribution in [2.75, 3.05) is 19.6 Å². The normalized spacial score (nSPS) is 28.9. The molecule has 0 saturated carbocycles. The van der Waals surface area contributed by atoms with Crippen LogP contribution in [0.1, 0.15) is 31.7 Å². The summed E-state index contributed by atoms with van der Waals surface area (Å²) in [4.78, 5) is 19.4. The summed E-state index contributed by atoms with van der Waals surface area (Å²) < 4.78 is 0. The van der Waals surface area contributed by atoms with Gasteiger partial charge in [-0.15, -0.1) is 5.48 Å². The monoisotopic (exact) mass is 290 g/mol. The Hall–Kier alpha value is -1.59. The predicted octanol–water partition coefficient (Wildman–Crippen LogP) is 1.99. The Labute approximate surface area is 124 Å². The number of piperidine rings is 1. The number of fused-ring (bicyclic) bond motifs is 1. The number of hydroxylamine groups is 1. The standard InChI is InChI=1S/C16H22N2O3/c1-2-18-9-5-6-12(11-18)16(10-15(19)20)13-7-3-4-8-14(13)21-17-16/h3-4,7-8,12,17H,2,5-6,9-11H2,1H3,(H,19,20). The topological polar surface area (TPSA) is 61.8 Å². The van der Waals surface area contributed by atoms with Gasteiger partial charge in [0.05, 0.1) is 12.0 Å². The molecule has 2 aliphatic rings. The molecule has 1 saturated heterocycles. The molecule has 1 fully saturated rings. The van der Waals surface area contributed by atoms with Crippen LogP contribution in [0.2, 0.25) is 0 Å². The van der Waals surface area contributed by atoms with E-state index in [9.17, 15) is 9.90 Å². The molecule has 1 aromatic rings. The second-order valence-corrected chi connectivity index (χ2v) is 5.97. The first-order valence-electron chi connectivity index (χ1n) is 7.63. The first kappa shape index (κ1) is 14.4. The minimum Gasteiger partial charge on any atom is -0.481 e. The third-order valence-electron chi connectivity index (χ3n) is 4.79. The number of likely N-dealkylation sites (tertiary alicyclic amines) is 1. The zero-order valence-electron chi connectivity index (χ0n) is 12.3. The molecule has 5 nitrogen and oxygen atoms in total. The lowest BCUT2D eigenvalue weighted by atomic mass is 9.73. The quantitative estimate of drug-likeness (QED) is 0.888. The van der Waals surface area contributed by atoms with Crippen LogP contribution in [0.15, 0.2) is 24.3 Å². The highest BCUT2D eigenvalue weighted by atomic mass is 16.7. The lowest BCUT2D eigenvalue weighted by Crippen LogP contribution is -2.53. The number of para-hydroxylation sites is 1. The summed E-state index contributed by atoms with van der Waals surface area (Å²) in [7, 11) is 0. The Morgan fingerprint density at radius 2 is 2.33 bits per heavy atom. The number of rotatable bonds is 4. The summed E-state index contributed by atoms with van der Waals surface area (Å²) in [6, 6.07) is 7.75.